The lowest BCUT2D eigenvalue weighted by Gasteiger charge is -2.14. The van der Waals surface area contributed by atoms with Crippen molar-refractivity contribution in [2.24, 2.45) is 0 Å². The van der Waals surface area contributed by atoms with Gasteiger partial charge in [0.2, 0.25) is 0 Å². The summed E-state index contributed by atoms with van der Waals surface area (Å²) < 4.78 is 0. The first kappa shape index (κ1) is 8.04. The van der Waals surface area contributed by atoms with Gasteiger partial charge in [0.1, 0.15) is 0 Å². The van der Waals surface area contributed by atoms with Gasteiger partial charge in [-0.1, -0.05) is 20.8 Å². The summed E-state index contributed by atoms with van der Waals surface area (Å²) in [5.41, 5.74) is -0.0410. The van der Waals surface area contributed by atoms with E-state index in [-0.39, 0.29) is 5.41 Å². The molecule has 4 heteroatoms. The van der Waals surface area contributed by atoms with Crippen molar-refractivity contribution >= 4 is 0 Å². The highest BCUT2D eigenvalue weighted by atomic mass is 15.3. The normalized spacial score (nSPS) is 11.6. The summed E-state index contributed by atoms with van der Waals surface area (Å²) in [7, 11) is 0. The largest absolute Gasteiger partial charge is 0.214 e. The van der Waals surface area contributed by atoms with Gasteiger partial charge in [-0.25, -0.2) is 4.98 Å². The summed E-state index contributed by atoms with van der Waals surface area (Å²) in [6.07, 6.45) is 0. The smallest absolute Gasteiger partial charge is 0.160 e. The van der Waals surface area contributed by atoms with Crippen molar-refractivity contribution in [3.63, 3.8) is 0 Å². The van der Waals surface area contributed by atoms with Crippen LogP contribution in [0.1, 0.15) is 32.4 Å². The van der Waals surface area contributed by atoms with Crippen LogP contribution in [0.5, 0.6) is 0 Å². The maximum Gasteiger partial charge on any atom is 0.160 e. The Labute approximate surface area is 66.1 Å². The molecule has 0 amide bonds. The van der Waals surface area contributed by atoms with Crippen molar-refractivity contribution < 1.29 is 0 Å². The summed E-state index contributed by atoms with van der Waals surface area (Å²) in [4.78, 5) is 4.16. The van der Waals surface area contributed by atoms with Gasteiger partial charge < -0.3 is 0 Å². The van der Waals surface area contributed by atoms with Gasteiger partial charge in [0.05, 0.1) is 0 Å². The molecule has 0 fully saturated rings. The van der Waals surface area contributed by atoms with E-state index in [0.29, 0.717) is 5.82 Å². The van der Waals surface area contributed by atoms with Crippen LogP contribution in [-0.2, 0) is 5.41 Å². The predicted octanol–water partition coefficient (Wildman–Crippen LogP) is 0.873. The Kier molecular flexibility index (Phi) is 1.85. The van der Waals surface area contributed by atoms with E-state index in [1.165, 1.54) is 0 Å². The maximum absolute atomic E-state index is 4.16. The molecular formula is C7H12N4. The molecule has 1 aromatic rings. The first-order valence-corrected chi connectivity index (χ1v) is 3.54. The summed E-state index contributed by atoms with van der Waals surface area (Å²) >= 11 is 0. The molecule has 0 saturated heterocycles. The molecule has 0 atom stereocenters. The Morgan fingerprint density at radius 1 is 1.09 bits per heavy atom. The van der Waals surface area contributed by atoms with Crippen molar-refractivity contribution in [2.75, 3.05) is 0 Å². The molecule has 0 aliphatic heterocycles. The topological polar surface area (TPSA) is 51.6 Å². The van der Waals surface area contributed by atoms with E-state index in [2.05, 4.69) is 20.4 Å². The third kappa shape index (κ3) is 1.93. The molecule has 1 rings (SSSR count). The van der Waals surface area contributed by atoms with E-state index in [1.807, 2.05) is 27.7 Å². The lowest BCUT2D eigenvalue weighted by molar-refractivity contribution is 0.517. The molecule has 0 saturated carbocycles. The quantitative estimate of drug-likeness (QED) is 0.553. The summed E-state index contributed by atoms with van der Waals surface area (Å²) in [6, 6.07) is 0. The fourth-order valence-corrected chi connectivity index (χ4v) is 0.645. The van der Waals surface area contributed by atoms with Gasteiger partial charge >= 0.3 is 0 Å². The lowest BCUT2D eigenvalue weighted by atomic mass is 9.96. The van der Waals surface area contributed by atoms with Crippen LogP contribution >= 0.6 is 0 Å². The molecule has 11 heavy (non-hydrogen) atoms. The summed E-state index contributed by atoms with van der Waals surface area (Å²) in [5, 5.41) is 11.1. The first-order valence-electron chi connectivity index (χ1n) is 3.54. The van der Waals surface area contributed by atoms with Gasteiger partial charge in [-0.3, -0.25) is 0 Å². The number of aryl methyl sites for hydroxylation is 1. The Morgan fingerprint density at radius 2 is 1.73 bits per heavy atom. The molecule has 0 spiro atoms. The van der Waals surface area contributed by atoms with E-state index < -0.39 is 0 Å². The maximum atomic E-state index is 4.16. The number of hydrogen-bond acceptors (Lipinski definition) is 4. The summed E-state index contributed by atoms with van der Waals surface area (Å²) in [6.45, 7) is 7.94. The minimum atomic E-state index is -0.0410. The highest BCUT2D eigenvalue weighted by Crippen LogP contribution is 2.15. The molecule has 0 unspecified atom stereocenters. The van der Waals surface area contributed by atoms with E-state index in [9.17, 15) is 0 Å². The first-order chi connectivity index (χ1) is 5.00. The minimum absolute atomic E-state index is 0.0410. The standard InChI is InChI=1S/C7H12N4/c1-5-8-6(7(2,3)4)10-11-9-5/h1-4H3. The lowest BCUT2D eigenvalue weighted by Crippen LogP contribution is -2.18. The fraction of sp³-hybridized carbons (Fsp3) is 0.714. The van der Waals surface area contributed by atoms with Crippen LogP contribution in [-0.4, -0.2) is 20.4 Å². The Morgan fingerprint density at radius 3 is 2.09 bits per heavy atom. The van der Waals surface area contributed by atoms with Crippen LogP contribution in [0.25, 0.3) is 0 Å². The number of nitrogens with zero attached hydrogens (tertiary/aromatic N) is 4. The van der Waals surface area contributed by atoms with Gasteiger partial charge in [0.25, 0.3) is 0 Å². The van der Waals surface area contributed by atoms with Crippen LogP contribution in [0, 0.1) is 6.92 Å². The monoisotopic (exact) mass is 152 g/mol. The van der Waals surface area contributed by atoms with Gasteiger partial charge in [-0.15, -0.1) is 10.2 Å². The van der Waals surface area contributed by atoms with Gasteiger partial charge in [-0.05, 0) is 12.1 Å². The van der Waals surface area contributed by atoms with Crippen molar-refractivity contribution in [1.29, 1.82) is 0 Å². The molecule has 0 N–H and O–H groups in total. The van der Waals surface area contributed by atoms with Crippen LogP contribution in [0.4, 0.5) is 0 Å². The molecule has 1 aromatic heterocycles. The Bertz CT molecular complexity index is 251. The Balaban J connectivity index is 3.06. The number of rotatable bonds is 0. The van der Waals surface area contributed by atoms with E-state index >= 15 is 0 Å². The van der Waals surface area contributed by atoms with Crippen LogP contribution in [0.2, 0.25) is 0 Å². The zero-order chi connectivity index (χ0) is 8.48. The van der Waals surface area contributed by atoms with Gasteiger partial charge in [0, 0.05) is 5.41 Å². The number of aromatic nitrogens is 4. The van der Waals surface area contributed by atoms with E-state index in [4.69, 9.17) is 0 Å². The van der Waals surface area contributed by atoms with Gasteiger partial charge in [-0.2, -0.15) is 0 Å². The SMILES string of the molecule is Cc1nnnc(C(C)(C)C)n1. The van der Waals surface area contributed by atoms with Crippen LogP contribution in [0.3, 0.4) is 0 Å². The number of hydrogen-bond donors (Lipinski definition) is 0. The second-order valence-electron chi connectivity index (χ2n) is 3.52. The Hall–Kier alpha value is -1.06. The summed E-state index contributed by atoms with van der Waals surface area (Å²) in [5.74, 6) is 1.41. The third-order valence-corrected chi connectivity index (χ3v) is 1.27. The second-order valence-corrected chi connectivity index (χ2v) is 3.52. The van der Waals surface area contributed by atoms with Crippen LogP contribution in [0.15, 0.2) is 0 Å². The molecule has 0 aliphatic rings. The minimum Gasteiger partial charge on any atom is -0.214 e. The molecule has 4 nitrogen and oxygen atoms in total. The molecule has 1 heterocycles. The van der Waals surface area contributed by atoms with Crippen molar-refractivity contribution in [3.05, 3.63) is 11.6 Å². The zero-order valence-corrected chi connectivity index (χ0v) is 7.29. The molecule has 0 radical (unpaired) electrons. The van der Waals surface area contributed by atoms with E-state index in [1.54, 1.807) is 0 Å². The fourth-order valence-electron chi connectivity index (χ4n) is 0.645. The third-order valence-electron chi connectivity index (χ3n) is 1.27. The molecule has 0 aliphatic carbocycles. The molecule has 60 valence electrons. The van der Waals surface area contributed by atoms with Gasteiger partial charge in [0.15, 0.2) is 11.6 Å². The van der Waals surface area contributed by atoms with Crippen molar-refractivity contribution in [3.8, 4) is 0 Å². The second kappa shape index (κ2) is 2.53. The van der Waals surface area contributed by atoms with Crippen molar-refractivity contribution in [1.82, 2.24) is 20.4 Å². The highest BCUT2D eigenvalue weighted by molar-refractivity contribution is 4.98. The van der Waals surface area contributed by atoms with E-state index in [0.717, 1.165) is 5.82 Å². The average molecular weight is 152 g/mol. The molecule has 0 bridgehead atoms. The average Bonchev–Trinajstić information content (AvgIpc) is 1.86. The molecular weight excluding hydrogens is 140 g/mol. The highest BCUT2D eigenvalue weighted by Gasteiger charge is 2.17. The zero-order valence-electron chi connectivity index (χ0n) is 7.29. The van der Waals surface area contributed by atoms with Crippen molar-refractivity contribution in [2.45, 2.75) is 33.1 Å². The molecule has 0 aromatic carbocycles. The van der Waals surface area contributed by atoms with Crippen LogP contribution < -0.4 is 0 Å². The predicted molar refractivity (Wildman–Crippen MR) is 41.1 cm³/mol.